The molecule has 1 atom stereocenters. The molecule has 0 radical (unpaired) electrons. The van der Waals surface area contributed by atoms with Gasteiger partial charge in [0.1, 0.15) is 0 Å². The third-order valence-electron chi connectivity index (χ3n) is 1.18. The van der Waals surface area contributed by atoms with Crippen LogP contribution in [0.2, 0.25) is 0 Å². The highest BCUT2D eigenvalue weighted by Crippen LogP contribution is 2.01. The summed E-state index contributed by atoms with van der Waals surface area (Å²) in [7, 11) is 0. The predicted molar refractivity (Wildman–Crippen MR) is 34.1 cm³/mol. The highest BCUT2D eigenvalue weighted by Gasteiger charge is 2.24. The molecule has 0 bridgehead atoms. The van der Waals surface area contributed by atoms with Crippen LogP contribution >= 0.6 is 0 Å². The largest absolute Gasteiger partial charge is 0.292 e. The maximum atomic E-state index is 10.7. The van der Waals surface area contributed by atoms with Crippen molar-refractivity contribution in [2.24, 2.45) is 0 Å². The molecule has 52 valence electrons. The summed E-state index contributed by atoms with van der Waals surface area (Å²) in [5, 5.41) is 10.1. The zero-order valence-electron chi connectivity index (χ0n) is 5.06. The molecule has 0 saturated heterocycles. The van der Waals surface area contributed by atoms with Crippen molar-refractivity contribution in [3.63, 3.8) is 0 Å². The highest BCUT2D eigenvalue weighted by atomic mass is 16.6. The lowest BCUT2D eigenvalue weighted by atomic mass is 10.1. The van der Waals surface area contributed by atoms with Crippen molar-refractivity contribution in [2.45, 2.75) is 6.04 Å². The molecule has 0 fully saturated rings. The third-order valence-corrected chi connectivity index (χ3v) is 1.18. The second-order valence-electron chi connectivity index (χ2n) is 1.88. The summed E-state index contributed by atoms with van der Waals surface area (Å²) in [6.07, 6.45) is 5.45. The van der Waals surface area contributed by atoms with E-state index in [1.54, 1.807) is 0 Å². The molecule has 1 aliphatic rings. The van der Waals surface area contributed by atoms with Gasteiger partial charge >= 0.3 is 0 Å². The van der Waals surface area contributed by atoms with Crippen molar-refractivity contribution in [1.29, 1.82) is 0 Å². The summed E-state index contributed by atoms with van der Waals surface area (Å²) in [5.41, 5.74) is 0. The van der Waals surface area contributed by atoms with E-state index in [2.05, 4.69) is 0 Å². The Kier molecular flexibility index (Phi) is 1.62. The topological polar surface area (TPSA) is 60.2 Å². The van der Waals surface area contributed by atoms with Gasteiger partial charge in [-0.3, -0.25) is 14.9 Å². The smallest absolute Gasteiger partial charge is 0.287 e. The van der Waals surface area contributed by atoms with E-state index in [9.17, 15) is 14.9 Å². The van der Waals surface area contributed by atoms with Crippen molar-refractivity contribution in [2.75, 3.05) is 0 Å². The van der Waals surface area contributed by atoms with E-state index in [0.717, 1.165) is 0 Å². The van der Waals surface area contributed by atoms with Gasteiger partial charge < -0.3 is 0 Å². The number of rotatable bonds is 1. The van der Waals surface area contributed by atoms with Crippen molar-refractivity contribution in [1.82, 2.24) is 0 Å². The summed E-state index contributed by atoms with van der Waals surface area (Å²) >= 11 is 0. The SMILES string of the molecule is O=C1C=CC=CC1[N+](=O)[O-]. The number of nitrogens with zero attached hydrogens (tertiary/aromatic N) is 1. The summed E-state index contributed by atoms with van der Waals surface area (Å²) in [6.45, 7) is 0. The first-order chi connectivity index (χ1) is 4.72. The van der Waals surface area contributed by atoms with Gasteiger partial charge in [0.05, 0.1) is 0 Å². The molecule has 0 saturated carbocycles. The van der Waals surface area contributed by atoms with Gasteiger partial charge in [-0.1, -0.05) is 12.2 Å². The first-order valence-corrected chi connectivity index (χ1v) is 2.74. The van der Waals surface area contributed by atoms with E-state index in [0.29, 0.717) is 0 Å². The predicted octanol–water partition coefficient (Wildman–Crippen LogP) is 0.327. The fraction of sp³-hybridized carbons (Fsp3) is 0.167. The normalized spacial score (nSPS) is 23.2. The van der Waals surface area contributed by atoms with Gasteiger partial charge in [-0.05, 0) is 12.2 Å². The first kappa shape index (κ1) is 6.67. The Labute approximate surface area is 57.0 Å². The molecule has 0 aromatic heterocycles. The molecule has 0 aromatic carbocycles. The fourth-order valence-electron chi connectivity index (χ4n) is 0.687. The Morgan fingerprint density at radius 3 is 2.60 bits per heavy atom. The molecule has 0 aliphatic heterocycles. The Hall–Kier alpha value is -1.45. The fourth-order valence-corrected chi connectivity index (χ4v) is 0.687. The van der Waals surface area contributed by atoms with Gasteiger partial charge in [-0.2, -0.15) is 0 Å². The maximum Gasteiger partial charge on any atom is 0.292 e. The van der Waals surface area contributed by atoms with Crippen LogP contribution in [0.3, 0.4) is 0 Å². The van der Waals surface area contributed by atoms with Gasteiger partial charge in [0.2, 0.25) is 5.78 Å². The van der Waals surface area contributed by atoms with Crippen LogP contribution in [0.4, 0.5) is 0 Å². The minimum atomic E-state index is -1.16. The molecule has 4 heteroatoms. The Morgan fingerprint density at radius 1 is 1.50 bits per heavy atom. The van der Waals surface area contributed by atoms with Crippen molar-refractivity contribution in [3.05, 3.63) is 34.4 Å². The standard InChI is InChI=1S/C6H5NO3/c8-6-4-2-1-3-5(6)7(9)10/h1-5H. The van der Waals surface area contributed by atoms with E-state index < -0.39 is 16.7 Å². The van der Waals surface area contributed by atoms with Crippen LogP contribution < -0.4 is 0 Å². The van der Waals surface area contributed by atoms with Crippen LogP contribution in [0.1, 0.15) is 0 Å². The van der Waals surface area contributed by atoms with Crippen molar-refractivity contribution >= 4 is 5.78 Å². The molecule has 0 aromatic rings. The van der Waals surface area contributed by atoms with E-state index in [1.807, 2.05) is 0 Å². The molecule has 0 heterocycles. The third kappa shape index (κ3) is 1.10. The van der Waals surface area contributed by atoms with E-state index in [4.69, 9.17) is 0 Å². The average Bonchev–Trinajstić information content (AvgIpc) is 1.88. The number of carbonyl (C=O) groups excluding carboxylic acids is 1. The first-order valence-electron chi connectivity index (χ1n) is 2.74. The second-order valence-corrected chi connectivity index (χ2v) is 1.88. The quantitative estimate of drug-likeness (QED) is 0.388. The number of ketones is 1. The van der Waals surface area contributed by atoms with Crippen LogP contribution in [0.25, 0.3) is 0 Å². The minimum Gasteiger partial charge on any atom is -0.287 e. The number of hydrogen-bond acceptors (Lipinski definition) is 3. The molecule has 0 N–H and O–H groups in total. The molecule has 1 aliphatic carbocycles. The maximum absolute atomic E-state index is 10.7. The molecule has 0 amide bonds. The zero-order chi connectivity index (χ0) is 7.56. The van der Waals surface area contributed by atoms with Crippen molar-refractivity contribution in [3.8, 4) is 0 Å². The number of carbonyl (C=O) groups is 1. The summed E-state index contributed by atoms with van der Waals surface area (Å²) < 4.78 is 0. The molecular weight excluding hydrogens is 134 g/mol. The lowest BCUT2D eigenvalue weighted by molar-refractivity contribution is -0.494. The van der Waals surface area contributed by atoms with Gasteiger partial charge in [0.15, 0.2) is 0 Å². The zero-order valence-corrected chi connectivity index (χ0v) is 5.06. The second kappa shape index (κ2) is 2.43. The minimum absolute atomic E-state index is 0.465. The van der Waals surface area contributed by atoms with E-state index in [1.165, 1.54) is 24.3 Å². The average molecular weight is 139 g/mol. The van der Waals surface area contributed by atoms with E-state index in [-0.39, 0.29) is 0 Å². The lowest BCUT2D eigenvalue weighted by Gasteiger charge is -2.01. The van der Waals surface area contributed by atoms with Crippen molar-refractivity contribution < 1.29 is 9.72 Å². The highest BCUT2D eigenvalue weighted by molar-refractivity contribution is 5.96. The van der Waals surface area contributed by atoms with Gasteiger partial charge in [-0.15, -0.1) is 0 Å². The van der Waals surface area contributed by atoms with Gasteiger partial charge in [0, 0.05) is 4.92 Å². The van der Waals surface area contributed by atoms with Crippen LogP contribution in [-0.2, 0) is 4.79 Å². The molecule has 0 spiro atoms. The Balaban J connectivity index is 2.80. The number of hydrogen-bond donors (Lipinski definition) is 0. The van der Waals surface area contributed by atoms with Crippen LogP contribution in [-0.4, -0.2) is 16.7 Å². The molecule has 1 rings (SSSR count). The monoisotopic (exact) mass is 139 g/mol. The lowest BCUT2D eigenvalue weighted by Crippen LogP contribution is -2.26. The molecule has 4 nitrogen and oxygen atoms in total. The molecule has 1 unspecified atom stereocenters. The van der Waals surface area contributed by atoms with Crippen LogP contribution in [0.5, 0.6) is 0 Å². The van der Waals surface area contributed by atoms with Gasteiger partial charge in [0.25, 0.3) is 6.04 Å². The van der Waals surface area contributed by atoms with Crippen LogP contribution in [0, 0.1) is 10.1 Å². The summed E-state index contributed by atoms with van der Waals surface area (Å²) in [4.78, 5) is 20.1. The Morgan fingerprint density at radius 2 is 2.20 bits per heavy atom. The summed E-state index contributed by atoms with van der Waals surface area (Å²) in [5.74, 6) is -0.465. The number of nitro groups is 1. The Bertz CT molecular complexity index is 229. The number of allylic oxidation sites excluding steroid dienone is 2. The summed E-state index contributed by atoms with van der Waals surface area (Å²) in [6, 6.07) is -1.16. The van der Waals surface area contributed by atoms with Crippen LogP contribution in [0.15, 0.2) is 24.3 Å². The molecule has 10 heavy (non-hydrogen) atoms. The van der Waals surface area contributed by atoms with E-state index >= 15 is 0 Å². The molecular formula is C6H5NO3. The van der Waals surface area contributed by atoms with Gasteiger partial charge in [-0.25, -0.2) is 0 Å².